The van der Waals surface area contributed by atoms with Crippen LogP contribution >= 0.6 is 33.8 Å². The van der Waals surface area contributed by atoms with Crippen molar-refractivity contribution in [2.45, 2.75) is 0 Å². The fourth-order valence-corrected chi connectivity index (χ4v) is 16.6. The Balaban J connectivity index is 1.27. The van der Waals surface area contributed by atoms with Crippen LogP contribution in [0.1, 0.15) is 0 Å². The minimum Gasteiger partial charge on any atom is -0.434 e. The van der Waals surface area contributed by atoms with Crippen molar-refractivity contribution in [3.8, 4) is 78.6 Å². The van der Waals surface area contributed by atoms with Crippen LogP contribution in [0.3, 0.4) is 0 Å². The summed E-state index contributed by atoms with van der Waals surface area (Å²) in [6, 6.07) is 42.5. The zero-order valence-electron chi connectivity index (χ0n) is 47.6. The molecule has 0 amide bonds. The Morgan fingerprint density at radius 3 is 0.522 bits per heavy atom. The fraction of sp³-hybridized carbons (Fsp3) is 0. The van der Waals surface area contributed by atoms with Gasteiger partial charge in [0, 0.05) is 168 Å². The second kappa shape index (κ2) is 25.7. The van der Waals surface area contributed by atoms with E-state index in [-0.39, 0.29) is 78.6 Å². The molecule has 8 aromatic heterocycles. The Hall–Kier alpha value is -10.1. The van der Waals surface area contributed by atoms with Crippen molar-refractivity contribution in [1.29, 1.82) is 0 Å². The number of halogens is 8. The Labute approximate surface area is 525 Å². The quantitative estimate of drug-likeness (QED) is 0.0531. The fourth-order valence-electron chi connectivity index (χ4n) is 10.5. The van der Waals surface area contributed by atoms with Crippen LogP contribution in [0.15, 0.2) is 281 Å². The predicted molar refractivity (Wildman–Crippen MR) is 342 cm³/mol. The molecule has 0 spiro atoms. The molecule has 14 rings (SSSR count). The zero-order valence-corrected chi connectivity index (χ0v) is 51.2. The van der Waals surface area contributed by atoms with Gasteiger partial charge in [-0.15, -0.1) is 0 Å². The number of aromatic nitrogens is 8. The monoisotopic (exact) mass is 1310 g/mol. The minimum absolute atomic E-state index is 0.192. The molecule has 6 aromatic carbocycles. The van der Waals surface area contributed by atoms with E-state index in [1.165, 1.54) is 36.4 Å². The maximum atomic E-state index is 17.7. The SMILES string of the molecule is Fc1ccc(-c2cc(-c3ccc(F)cc3F)c(OP(n3cccc3)n3cccc3)c(-c3c(OP(n4cccc4)n4cccc4)c(-c4ccc(F)cc4F)cc(-c4ccc(F)cc4F)c3OP(n3cccc3)n3cccc3)c2OP(n2cccc2)n2cccc2)c(F)c1. The lowest BCUT2D eigenvalue weighted by Gasteiger charge is -2.32. The van der Waals surface area contributed by atoms with Crippen molar-refractivity contribution >= 4 is 33.8 Å². The van der Waals surface area contributed by atoms with Gasteiger partial charge in [-0.05, 0) is 158 Å². The molecule has 0 saturated carbocycles. The largest absolute Gasteiger partial charge is 0.434 e. The maximum Gasteiger partial charge on any atom is 0.317 e. The van der Waals surface area contributed by atoms with Gasteiger partial charge >= 0.3 is 33.8 Å². The van der Waals surface area contributed by atoms with Crippen LogP contribution < -0.4 is 18.1 Å². The summed E-state index contributed by atoms with van der Waals surface area (Å²) in [6.07, 6.45) is 27.8. The second-order valence-corrected chi connectivity index (χ2v) is 26.8. The molecule has 24 heteroatoms. The van der Waals surface area contributed by atoms with E-state index in [2.05, 4.69) is 0 Å². The van der Waals surface area contributed by atoms with Crippen molar-refractivity contribution in [2.75, 3.05) is 0 Å². The summed E-state index contributed by atoms with van der Waals surface area (Å²) in [6.45, 7) is 0. The van der Waals surface area contributed by atoms with Crippen molar-refractivity contribution in [2.24, 2.45) is 0 Å². The molecule has 0 aliphatic rings. The van der Waals surface area contributed by atoms with E-state index in [0.29, 0.717) is 24.3 Å². The summed E-state index contributed by atoms with van der Waals surface area (Å²) < 4.78 is 178. The van der Waals surface area contributed by atoms with E-state index in [0.717, 1.165) is 24.3 Å². The number of rotatable bonds is 21. The van der Waals surface area contributed by atoms with Crippen molar-refractivity contribution in [3.05, 3.63) is 328 Å². The van der Waals surface area contributed by atoms with Gasteiger partial charge in [-0.2, -0.15) is 0 Å². The molecular formula is C68H46F8N8O4P4. The average Bonchev–Trinajstić information content (AvgIpc) is 0.932. The van der Waals surface area contributed by atoms with E-state index in [1.54, 1.807) is 231 Å². The van der Waals surface area contributed by atoms with Crippen LogP contribution in [-0.2, 0) is 0 Å². The van der Waals surface area contributed by atoms with Crippen molar-refractivity contribution in [3.63, 3.8) is 0 Å². The Bertz CT molecular complexity index is 4110. The highest BCUT2D eigenvalue weighted by molar-refractivity contribution is 7.50. The third kappa shape index (κ3) is 11.7. The highest BCUT2D eigenvalue weighted by Gasteiger charge is 2.40. The molecule has 0 bridgehead atoms. The van der Waals surface area contributed by atoms with Gasteiger partial charge in [0.15, 0.2) is 0 Å². The summed E-state index contributed by atoms with van der Waals surface area (Å²) in [5.41, 5.74) is -2.57. The minimum atomic E-state index is -2.29. The summed E-state index contributed by atoms with van der Waals surface area (Å²) in [5, 5.41) is 0. The molecule has 0 radical (unpaired) electrons. The lowest BCUT2D eigenvalue weighted by molar-refractivity contribution is 0.555. The number of benzene rings is 6. The normalized spacial score (nSPS) is 11.7. The first-order chi connectivity index (χ1) is 44.9. The molecule has 0 aliphatic carbocycles. The molecule has 0 fully saturated rings. The van der Waals surface area contributed by atoms with E-state index in [4.69, 9.17) is 18.1 Å². The molecule has 0 saturated heterocycles. The Morgan fingerprint density at radius 2 is 0.370 bits per heavy atom. The van der Waals surface area contributed by atoms with Gasteiger partial charge in [0.2, 0.25) is 0 Å². The maximum absolute atomic E-state index is 17.7. The van der Waals surface area contributed by atoms with Gasteiger partial charge in [0.1, 0.15) is 69.5 Å². The highest BCUT2D eigenvalue weighted by Crippen LogP contribution is 2.66. The van der Waals surface area contributed by atoms with Crippen LogP contribution in [0.25, 0.3) is 55.6 Å². The summed E-state index contributed by atoms with van der Waals surface area (Å²) in [5.74, 6) is -9.49. The van der Waals surface area contributed by atoms with Gasteiger partial charge in [-0.1, -0.05) is 0 Å². The van der Waals surface area contributed by atoms with E-state index in [9.17, 15) is 0 Å². The molecule has 0 aliphatic heterocycles. The molecule has 0 N–H and O–H groups in total. The Kier molecular flexibility index (Phi) is 16.6. The molecular weight excluding hydrogens is 1270 g/mol. The van der Waals surface area contributed by atoms with Crippen LogP contribution in [0.5, 0.6) is 23.0 Å². The average molecular weight is 1320 g/mol. The topological polar surface area (TPSA) is 76.4 Å². The smallest absolute Gasteiger partial charge is 0.317 e. The van der Waals surface area contributed by atoms with Crippen LogP contribution in [-0.4, -0.2) is 34.7 Å². The standard InChI is InChI=1S/C68H46F8N8O4P4/c69-47-17-21-51(59(73)41-47)55-45-56(52-22-18-48(70)42-60(52)74)66(86-90(79-29-5-6-30-79)80-31-7-8-32-80)63(65(55)85-89(77-25-1-2-26-77)78-27-3-4-28-78)64-67(87-91(81-33-9-10-34-81)82-35-11-12-36-82)57(53-23-19-49(71)43-61(53)75)46-58(54-24-20-50(72)44-62(54)76)68(64)88-92(83-37-13-14-38-83)84-39-15-16-40-84/h1-46H. The second-order valence-electron chi connectivity index (χ2n) is 20.4. The predicted octanol–water partition coefficient (Wildman–Crippen LogP) is 20.4. The lowest BCUT2D eigenvalue weighted by atomic mass is 9.86. The zero-order chi connectivity index (χ0) is 63.0. The van der Waals surface area contributed by atoms with Crippen LogP contribution in [0, 0.1) is 46.5 Å². The molecule has 8 heterocycles. The lowest BCUT2D eigenvalue weighted by Crippen LogP contribution is -2.12. The van der Waals surface area contributed by atoms with Gasteiger partial charge in [0.05, 0.1) is 11.1 Å². The van der Waals surface area contributed by atoms with Gasteiger partial charge in [0.25, 0.3) is 0 Å². The highest BCUT2D eigenvalue weighted by atomic mass is 31.2. The molecule has 14 aromatic rings. The van der Waals surface area contributed by atoms with Gasteiger partial charge in [-0.3, -0.25) is 34.7 Å². The number of nitrogens with zero attached hydrogens (tertiary/aromatic N) is 8. The first-order valence-electron chi connectivity index (χ1n) is 28.1. The van der Waals surface area contributed by atoms with Gasteiger partial charge < -0.3 is 18.1 Å². The molecule has 92 heavy (non-hydrogen) atoms. The molecule has 458 valence electrons. The van der Waals surface area contributed by atoms with E-state index < -0.39 is 80.3 Å². The molecule has 0 atom stereocenters. The van der Waals surface area contributed by atoms with Crippen LogP contribution in [0.2, 0.25) is 0 Å². The first kappa shape index (κ1) is 59.5. The van der Waals surface area contributed by atoms with E-state index in [1.807, 2.05) is 0 Å². The van der Waals surface area contributed by atoms with Crippen molar-refractivity contribution < 1.29 is 53.2 Å². The summed E-state index contributed by atoms with van der Waals surface area (Å²) in [4.78, 5) is 0. The third-order valence-corrected chi connectivity index (χ3v) is 21.3. The van der Waals surface area contributed by atoms with Crippen molar-refractivity contribution in [1.82, 2.24) is 34.7 Å². The van der Waals surface area contributed by atoms with E-state index >= 15 is 35.1 Å². The Morgan fingerprint density at radius 1 is 0.207 bits per heavy atom. The summed E-state index contributed by atoms with van der Waals surface area (Å²) >= 11 is 0. The van der Waals surface area contributed by atoms with Crippen LogP contribution in [0.4, 0.5) is 35.1 Å². The number of hydrogen-bond donors (Lipinski definition) is 0. The number of hydrogen-bond acceptors (Lipinski definition) is 4. The van der Waals surface area contributed by atoms with Gasteiger partial charge in [-0.25, -0.2) is 35.1 Å². The molecule has 12 nitrogen and oxygen atoms in total. The molecule has 0 unspecified atom stereocenters. The third-order valence-electron chi connectivity index (χ3n) is 14.6. The first-order valence-corrected chi connectivity index (χ1v) is 32.8. The summed E-state index contributed by atoms with van der Waals surface area (Å²) in [7, 11) is -9.18.